The van der Waals surface area contributed by atoms with Gasteiger partial charge in [0.2, 0.25) is 0 Å². The molecule has 1 spiro atoms. The molecule has 3 fully saturated rings. The minimum atomic E-state index is -2.91. The summed E-state index contributed by atoms with van der Waals surface area (Å²) >= 11 is 0. The van der Waals surface area contributed by atoms with Gasteiger partial charge in [0.25, 0.3) is 11.8 Å². The maximum atomic E-state index is 14.0. The summed E-state index contributed by atoms with van der Waals surface area (Å²) < 4.78 is 56.3. The molecule has 1 saturated heterocycles. The number of piperidine rings is 1. The van der Waals surface area contributed by atoms with Crippen LogP contribution in [0.1, 0.15) is 32.1 Å². The first-order valence-electron chi connectivity index (χ1n) is 10.9. The smallest absolute Gasteiger partial charge is 0.313 e. The molecule has 8 nitrogen and oxygen atoms in total. The predicted octanol–water partition coefficient (Wildman–Crippen LogP) is 4.27. The fourth-order valence-electron chi connectivity index (χ4n) is 4.67. The van der Waals surface area contributed by atoms with E-state index in [-0.39, 0.29) is 25.8 Å². The van der Waals surface area contributed by atoms with Gasteiger partial charge in [0, 0.05) is 35.9 Å². The van der Waals surface area contributed by atoms with Gasteiger partial charge in [-0.05, 0) is 25.3 Å². The van der Waals surface area contributed by atoms with E-state index in [4.69, 9.17) is 0 Å². The van der Waals surface area contributed by atoms with Gasteiger partial charge in [0.1, 0.15) is 5.69 Å². The molecular weight excluding hydrogens is 442 g/mol. The molecule has 4 heterocycles. The van der Waals surface area contributed by atoms with Crippen molar-refractivity contribution in [2.24, 2.45) is 5.92 Å². The number of anilines is 1. The average molecular weight is 463 g/mol. The predicted molar refractivity (Wildman–Crippen MR) is 110 cm³/mol. The third kappa shape index (κ3) is 3.51. The van der Waals surface area contributed by atoms with E-state index < -0.39 is 35.9 Å². The Morgan fingerprint density at radius 2 is 1.91 bits per heavy atom. The van der Waals surface area contributed by atoms with Crippen molar-refractivity contribution in [1.29, 1.82) is 0 Å². The first-order chi connectivity index (χ1) is 15.7. The average Bonchev–Trinajstić information content (AvgIpc) is 3.52. The number of fused-ring (bicyclic) bond motifs is 1. The van der Waals surface area contributed by atoms with Gasteiger partial charge in [-0.1, -0.05) is 0 Å². The van der Waals surface area contributed by atoms with Crippen LogP contribution in [-0.2, 0) is 6.54 Å². The number of likely N-dealkylation sites (tertiary alicyclic amines) is 1. The van der Waals surface area contributed by atoms with Crippen LogP contribution in [-0.4, -0.2) is 59.8 Å². The summed E-state index contributed by atoms with van der Waals surface area (Å²) in [6.45, 7) is -0.515. The second-order valence-corrected chi connectivity index (χ2v) is 9.37. The lowest BCUT2D eigenvalue weighted by atomic mass is 9.97. The van der Waals surface area contributed by atoms with Crippen LogP contribution >= 0.6 is 0 Å². The molecule has 2 aliphatic carbocycles. The van der Waals surface area contributed by atoms with Crippen LogP contribution in [0.5, 0.6) is 0 Å². The summed E-state index contributed by atoms with van der Waals surface area (Å²) in [5.41, 5.74) is 1.26. The summed E-state index contributed by atoms with van der Waals surface area (Å²) in [4.78, 5) is 18.6. The van der Waals surface area contributed by atoms with Crippen molar-refractivity contribution in [2.75, 3.05) is 11.9 Å². The van der Waals surface area contributed by atoms with Crippen molar-refractivity contribution in [1.82, 2.24) is 29.9 Å². The van der Waals surface area contributed by atoms with E-state index in [1.807, 2.05) is 0 Å². The Morgan fingerprint density at radius 1 is 1.15 bits per heavy atom. The molecule has 33 heavy (non-hydrogen) atoms. The van der Waals surface area contributed by atoms with Crippen molar-refractivity contribution >= 4 is 22.6 Å². The van der Waals surface area contributed by atoms with Crippen LogP contribution in [0.15, 0.2) is 24.7 Å². The summed E-state index contributed by atoms with van der Waals surface area (Å²) in [5, 5.41) is 14.4. The van der Waals surface area contributed by atoms with E-state index in [1.54, 1.807) is 18.5 Å². The van der Waals surface area contributed by atoms with E-state index in [9.17, 15) is 22.4 Å². The summed E-state index contributed by atoms with van der Waals surface area (Å²) in [6, 6.07) is 1.08. The molecule has 12 heteroatoms. The van der Waals surface area contributed by atoms with E-state index in [0.29, 0.717) is 28.0 Å². The minimum absolute atomic E-state index is 0.0950. The van der Waals surface area contributed by atoms with Gasteiger partial charge in [0.05, 0.1) is 42.4 Å². The Morgan fingerprint density at radius 3 is 2.64 bits per heavy atom. The topological polar surface area (TPSA) is 91.7 Å². The zero-order chi connectivity index (χ0) is 23.0. The van der Waals surface area contributed by atoms with Crippen LogP contribution in [0.3, 0.4) is 0 Å². The molecule has 2 saturated carbocycles. The highest BCUT2D eigenvalue weighted by atomic mass is 19.3. The molecule has 174 valence electrons. The number of alkyl halides is 4. The van der Waals surface area contributed by atoms with Crippen molar-refractivity contribution in [3.63, 3.8) is 0 Å². The van der Waals surface area contributed by atoms with Gasteiger partial charge in [-0.3, -0.25) is 14.8 Å². The second-order valence-electron chi connectivity index (χ2n) is 9.37. The molecule has 3 aromatic heterocycles. The number of aromatic amines is 1. The molecule has 6 rings (SSSR count). The first kappa shape index (κ1) is 20.4. The zero-order valence-electron chi connectivity index (χ0n) is 17.5. The fourth-order valence-corrected chi connectivity index (χ4v) is 4.67. The van der Waals surface area contributed by atoms with Crippen LogP contribution in [0.4, 0.5) is 28.0 Å². The lowest BCUT2D eigenvalue weighted by Gasteiger charge is -2.40. The second kappa shape index (κ2) is 6.67. The number of pyridine rings is 1. The van der Waals surface area contributed by atoms with Crippen molar-refractivity contribution in [3.05, 3.63) is 24.7 Å². The Bertz CT molecular complexity index is 1250. The van der Waals surface area contributed by atoms with Crippen molar-refractivity contribution < 1.29 is 22.4 Å². The van der Waals surface area contributed by atoms with E-state index in [0.717, 1.165) is 12.8 Å². The molecule has 0 bridgehead atoms. The fraction of sp³-hybridized carbons (Fsp3) is 0.524. The maximum Gasteiger partial charge on any atom is 0.322 e. The summed E-state index contributed by atoms with van der Waals surface area (Å²) in [7, 11) is 0. The number of amides is 2. The van der Waals surface area contributed by atoms with Gasteiger partial charge in [0.15, 0.2) is 0 Å². The highest BCUT2D eigenvalue weighted by molar-refractivity contribution is 5.94. The van der Waals surface area contributed by atoms with Gasteiger partial charge < -0.3 is 10.2 Å². The highest BCUT2D eigenvalue weighted by Gasteiger charge is 2.58. The van der Waals surface area contributed by atoms with Crippen molar-refractivity contribution in [2.45, 2.75) is 56.0 Å². The normalized spacial score (nSPS) is 24.2. The molecule has 0 aromatic carbocycles. The Balaban J connectivity index is 1.26. The summed E-state index contributed by atoms with van der Waals surface area (Å²) in [5.74, 6) is -6.30. The van der Waals surface area contributed by atoms with Gasteiger partial charge >= 0.3 is 6.03 Å². The largest absolute Gasteiger partial charge is 0.322 e. The van der Waals surface area contributed by atoms with E-state index >= 15 is 0 Å². The third-order valence-corrected chi connectivity index (χ3v) is 7.00. The Labute approximate surface area is 185 Å². The number of hydrogen-bond donors (Lipinski definition) is 2. The Kier molecular flexibility index (Phi) is 4.13. The third-order valence-electron chi connectivity index (χ3n) is 7.00. The standard InChI is InChI=1S/C21H21F4N7O/c22-20(23)4-3-19(1-2-19)31(11-20)18(33)29-15-9-27-30-17(15)14-5-16-12(7-26-14)8-28-32(16)10-13-6-21(13,24)25/h5,7-9,13H,1-4,6,10-11H2,(H,27,30)(H,29,33)/t13-/m1/s1. The van der Waals surface area contributed by atoms with Gasteiger partial charge in [-0.2, -0.15) is 10.2 Å². The number of H-pyrrole nitrogens is 1. The molecule has 1 atom stereocenters. The molecule has 0 radical (unpaired) electrons. The molecule has 3 aromatic rings. The Hall–Kier alpha value is -3.18. The van der Waals surface area contributed by atoms with Crippen LogP contribution in [0.2, 0.25) is 0 Å². The molecule has 2 amide bonds. The number of carbonyl (C=O) groups excluding carboxylic acids is 1. The quantitative estimate of drug-likeness (QED) is 0.566. The minimum Gasteiger partial charge on any atom is -0.313 e. The molecule has 2 N–H and O–H groups in total. The number of carbonyl (C=O) groups is 1. The van der Waals surface area contributed by atoms with Crippen LogP contribution in [0, 0.1) is 5.92 Å². The van der Waals surface area contributed by atoms with Gasteiger partial charge in [-0.25, -0.2) is 22.4 Å². The number of urea groups is 1. The van der Waals surface area contributed by atoms with E-state index in [2.05, 4.69) is 25.6 Å². The van der Waals surface area contributed by atoms with E-state index in [1.165, 1.54) is 15.8 Å². The molecule has 3 aliphatic rings. The highest BCUT2D eigenvalue weighted by Crippen LogP contribution is 2.51. The zero-order valence-corrected chi connectivity index (χ0v) is 17.5. The van der Waals surface area contributed by atoms with Crippen LogP contribution < -0.4 is 5.32 Å². The lowest BCUT2D eigenvalue weighted by Crippen LogP contribution is -2.54. The number of rotatable bonds is 4. The van der Waals surface area contributed by atoms with Crippen LogP contribution in [0.25, 0.3) is 22.3 Å². The SMILES string of the molecule is O=C(Nc1cn[nH]c1-c1cc2c(cn1)cnn2C[C@H]1CC1(F)F)N1CC(F)(F)CCC12CC2. The van der Waals surface area contributed by atoms with Crippen molar-refractivity contribution in [3.8, 4) is 11.4 Å². The monoisotopic (exact) mass is 463 g/mol. The molecular formula is C21H21F4N7O. The maximum absolute atomic E-state index is 14.0. The lowest BCUT2D eigenvalue weighted by molar-refractivity contribution is -0.0721. The number of nitrogens with one attached hydrogen (secondary N) is 2. The summed E-state index contributed by atoms with van der Waals surface area (Å²) in [6.07, 6.45) is 5.88. The first-order valence-corrected chi connectivity index (χ1v) is 10.9. The number of aromatic nitrogens is 5. The molecule has 0 unspecified atom stereocenters. The van der Waals surface area contributed by atoms with Gasteiger partial charge in [-0.15, -0.1) is 0 Å². The number of nitrogens with zero attached hydrogens (tertiary/aromatic N) is 5. The molecule has 1 aliphatic heterocycles. The number of hydrogen-bond acceptors (Lipinski definition) is 4. The number of halogens is 4.